The number of unbranched alkanes of at least 4 members (excludes halogenated alkanes) is 1. The molecule has 0 atom stereocenters. The quantitative estimate of drug-likeness (QED) is 0.485. The highest BCUT2D eigenvalue weighted by Crippen LogP contribution is 1.79. The van der Waals surface area contributed by atoms with Crippen LogP contribution in [0.2, 0.25) is 0 Å². The van der Waals surface area contributed by atoms with Gasteiger partial charge in [0.25, 0.3) is 5.91 Å². The lowest BCUT2D eigenvalue weighted by Crippen LogP contribution is -2.05. The maximum absolute atomic E-state index is 9.92. The number of amides is 1. The van der Waals surface area contributed by atoms with Crippen LogP contribution in [0.3, 0.4) is 0 Å². The lowest BCUT2D eigenvalue weighted by molar-refractivity contribution is -0.112. The van der Waals surface area contributed by atoms with Crippen molar-refractivity contribution in [3.63, 3.8) is 0 Å². The average Bonchev–Trinajstić information content (AvgIpc) is 1.66. The van der Waals surface area contributed by atoms with E-state index in [0.717, 1.165) is 12.8 Å². The molecule has 2 N–H and O–H groups in total. The van der Waals surface area contributed by atoms with E-state index in [2.05, 4.69) is 11.8 Å². The minimum atomic E-state index is -0.543. The lowest BCUT2D eigenvalue weighted by Gasteiger charge is -1.74. The molecule has 0 aromatic heterocycles. The first-order valence-electron chi connectivity index (χ1n) is 2.55. The van der Waals surface area contributed by atoms with Crippen molar-refractivity contribution in [2.45, 2.75) is 19.8 Å². The minimum Gasteiger partial charge on any atom is -0.359 e. The fourth-order valence-electron chi connectivity index (χ4n) is 0.275. The molecule has 0 spiro atoms. The van der Waals surface area contributed by atoms with Crippen LogP contribution in [0.5, 0.6) is 0 Å². The number of carbonyl (C=O) groups is 1. The van der Waals surface area contributed by atoms with Crippen molar-refractivity contribution in [2.75, 3.05) is 0 Å². The molecule has 8 heavy (non-hydrogen) atoms. The van der Waals surface area contributed by atoms with Gasteiger partial charge < -0.3 is 5.73 Å². The second-order valence-corrected chi connectivity index (χ2v) is 1.42. The highest BCUT2D eigenvalue weighted by molar-refractivity contribution is 5.91. The van der Waals surface area contributed by atoms with Crippen LogP contribution >= 0.6 is 0 Å². The van der Waals surface area contributed by atoms with E-state index in [9.17, 15) is 4.79 Å². The van der Waals surface area contributed by atoms with Crippen molar-refractivity contribution in [3.05, 3.63) is 0 Å². The molecule has 2 heteroatoms. The van der Waals surface area contributed by atoms with E-state index in [1.165, 1.54) is 0 Å². The minimum absolute atomic E-state index is 0.543. The Morgan fingerprint density at radius 2 is 2.38 bits per heavy atom. The zero-order chi connectivity index (χ0) is 6.41. The van der Waals surface area contributed by atoms with E-state index in [-0.39, 0.29) is 0 Å². The largest absolute Gasteiger partial charge is 0.359 e. The van der Waals surface area contributed by atoms with Crippen molar-refractivity contribution >= 4 is 5.91 Å². The molecule has 0 unspecified atom stereocenters. The van der Waals surface area contributed by atoms with Crippen molar-refractivity contribution in [2.24, 2.45) is 5.73 Å². The molecule has 1 amide bonds. The highest BCUT2D eigenvalue weighted by Gasteiger charge is 1.76. The number of nitrogens with two attached hydrogens (primary N) is 1. The Morgan fingerprint density at radius 1 is 1.75 bits per heavy atom. The Hall–Kier alpha value is -0.970. The normalized spacial score (nSPS) is 7.12. The summed E-state index contributed by atoms with van der Waals surface area (Å²) < 4.78 is 0. The Kier molecular flexibility index (Phi) is 3.69. The van der Waals surface area contributed by atoms with Gasteiger partial charge in [-0.05, 0) is 12.3 Å². The summed E-state index contributed by atoms with van der Waals surface area (Å²) in [4.78, 5) is 9.92. The Labute approximate surface area is 49.1 Å². The number of hydrogen-bond donors (Lipinski definition) is 1. The molecule has 0 saturated carbocycles. The molecule has 0 aliphatic carbocycles. The van der Waals surface area contributed by atoms with Gasteiger partial charge in [0.05, 0.1) is 0 Å². The Morgan fingerprint density at radius 3 is 2.75 bits per heavy atom. The summed E-state index contributed by atoms with van der Waals surface area (Å²) in [6, 6.07) is 0. The second kappa shape index (κ2) is 4.20. The van der Waals surface area contributed by atoms with Crippen molar-refractivity contribution in [1.29, 1.82) is 0 Å². The first kappa shape index (κ1) is 7.03. The molecule has 0 heterocycles. The third-order valence-electron chi connectivity index (χ3n) is 0.587. The van der Waals surface area contributed by atoms with Crippen LogP contribution in [0.4, 0.5) is 0 Å². The van der Waals surface area contributed by atoms with Crippen LogP contribution in [-0.2, 0) is 4.79 Å². The van der Waals surface area contributed by atoms with E-state index >= 15 is 0 Å². The molecule has 0 radical (unpaired) electrons. The summed E-state index contributed by atoms with van der Waals surface area (Å²) in [7, 11) is 0. The van der Waals surface area contributed by atoms with Gasteiger partial charge in [0.2, 0.25) is 0 Å². The van der Waals surface area contributed by atoms with Gasteiger partial charge in [-0.3, -0.25) is 4.79 Å². The highest BCUT2D eigenvalue weighted by atomic mass is 16.1. The molecule has 0 aliphatic heterocycles. The van der Waals surface area contributed by atoms with Gasteiger partial charge in [-0.2, -0.15) is 0 Å². The zero-order valence-corrected chi connectivity index (χ0v) is 4.90. The monoisotopic (exact) mass is 111 g/mol. The summed E-state index contributed by atoms with van der Waals surface area (Å²) >= 11 is 0. The van der Waals surface area contributed by atoms with Crippen molar-refractivity contribution in [3.8, 4) is 11.8 Å². The predicted octanol–water partition coefficient (Wildman–Crippen LogP) is 0.275. The van der Waals surface area contributed by atoms with Gasteiger partial charge in [0.1, 0.15) is 0 Å². The van der Waals surface area contributed by atoms with Gasteiger partial charge in [-0.1, -0.05) is 12.8 Å². The number of hydrogen-bond acceptors (Lipinski definition) is 1. The molecule has 2 nitrogen and oxygen atoms in total. The van der Waals surface area contributed by atoms with Gasteiger partial charge in [0, 0.05) is 6.42 Å². The molecule has 0 aliphatic rings. The number of rotatable bonds is 1. The van der Waals surface area contributed by atoms with Crippen LogP contribution in [-0.4, -0.2) is 5.91 Å². The summed E-state index contributed by atoms with van der Waals surface area (Å²) in [5.74, 6) is 4.30. The van der Waals surface area contributed by atoms with Gasteiger partial charge in [0.15, 0.2) is 0 Å². The van der Waals surface area contributed by atoms with E-state index < -0.39 is 5.91 Å². The Balaban J connectivity index is 3.35. The smallest absolute Gasteiger partial charge is 0.293 e. The van der Waals surface area contributed by atoms with E-state index in [1.807, 2.05) is 6.92 Å². The maximum atomic E-state index is 9.92. The second-order valence-electron chi connectivity index (χ2n) is 1.42. The van der Waals surface area contributed by atoms with Gasteiger partial charge in [-0.15, -0.1) is 0 Å². The van der Waals surface area contributed by atoms with Crippen LogP contribution in [0, 0.1) is 11.8 Å². The third-order valence-corrected chi connectivity index (χ3v) is 0.587. The molecule has 0 bridgehead atoms. The van der Waals surface area contributed by atoms with Crippen LogP contribution in [0.15, 0.2) is 0 Å². The van der Waals surface area contributed by atoms with E-state index in [1.54, 1.807) is 0 Å². The SMILES string of the molecule is CCCC#CC(N)=O. The predicted molar refractivity (Wildman–Crippen MR) is 31.9 cm³/mol. The topological polar surface area (TPSA) is 43.1 Å². The average molecular weight is 111 g/mol. The van der Waals surface area contributed by atoms with Crippen LogP contribution in [0.1, 0.15) is 19.8 Å². The fourth-order valence-corrected chi connectivity index (χ4v) is 0.275. The summed E-state index contributed by atoms with van der Waals surface area (Å²) in [5, 5.41) is 0. The number of primary amides is 1. The maximum Gasteiger partial charge on any atom is 0.293 e. The first-order chi connectivity index (χ1) is 3.77. The molecule has 0 rings (SSSR count). The Bertz CT molecular complexity index is 129. The van der Waals surface area contributed by atoms with Crippen molar-refractivity contribution < 1.29 is 4.79 Å². The molecule has 0 fully saturated rings. The summed E-state index contributed by atoms with van der Waals surface area (Å²) in [5.41, 5.74) is 4.72. The van der Waals surface area contributed by atoms with Crippen LogP contribution in [0.25, 0.3) is 0 Å². The van der Waals surface area contributed by atoms with E-state index in [0.29, 0.717) is 0 Å². The van der Waals surface area contributed by atoms with Gasteiger partial charge >= 0.3 is 0 Å². The molecule has 0 saturated heterocycles. The molecule has 0 aromatic rings. The molecular formula is C6H9NO. The summed E-state index contributed by atoms with van der Waals surface area (Å²) in [6.07, 6.45) is 1.73. The van der Waals surface area contributed by atoms with Crippen molar-refractivity contribution in [1.82, 2.24) is 0 Å². The fraction of sp³-hybridized carbons (Fsp3) is 0.500. The first-order valence-corrected chi connectivity index (χ1v) is 2.55. The number of carbonyl (C=O) groups excluding carboxylic acids is 1. The van der Waals surface area contributed by atoms with Gasteiger partial charge in [-0.25, -0.2) is 0 Å². The molecular weight excluding hydrogens is 102 g/mol. The lowest BCUT2D eigenvalue weighted by atomic mass is 10.3. The molecule has 44 valence electrons. The third kappa shape index (κ3) is 5.03. The van der Waals surface area contributed by atoms with Crippen LogP contribution < -0.4 is 5.73 Å². The summed E-state index contributed by atoms with van der Waals surface area (Å²) in [6.45, 7) is 2.00. The standard InChI is InChI=1S/C6H9NO/c1-2-3-4-5-6(7)8/h2-3H2,1H3,(H2,7,8). The zero-order valence-electron chi connectivity index (χ0n) is 4.90. The molecule has 0 aromatic carbocycles. The van der Waals surface area contributed by atoms with E-state index in [4.69, 9.17) is 5.73 Å².